The van der Waals surface area contributed by atoms with E-state index in [1.54, 1.807) is 37.4 Å². The number of carbonyl (C=O) groups is 1. The highest BCUT2D eigenvalue weighted by Crippen LogP contribution is 2.18. The van der Waals surface area contributed by atoms with Gasteiger partial charge in [-0.3, -0.25) is 4.79 Å². The van der Waals surface area contributed by atoms with Gasteiger partial charge in [-0.25, -0.2) is 0 Å². The molecule has 0 saturated carbocycles. The fourth-order valence-electron chi connectivity index (χ4n) is 1.81. The van der Waals surface area contributed by atoms with Crippen LogP contribution in [0.15, 0.2) is 40.8 Å². The molecule has 2 N–H and O–H groups in total. The van der Waals surface area contributed by atoms with Crippen molar-refractivity contribution in [3.8, 4) is 0 Å². The van der Waals surface area contributed by atoms with Crippen molar-refractivity contribution >= 4 is 28.8 Å². The van der Waals surface area contributed by atoms with E-state index in [1.807, 2.05) is 13.0 Å². The lowest BCUT2D eigenvalue weighted by Crippen LogP contribution is -2.25. The summed E-state index contributed by atoms with van der Waals surface area (Å²) >= 11 is 4.90. The Balaban J connectivity index is 2.19. The third-order valence-electron chi connectivity index (χ3n) is 3.06. The molecular weight excluding hydrogens is 272 g/mol. The molecule has 1 aromatic carbocycles. The summed E-state index contributed by atoms with van der Waals surface area (Å²) in [6.45, 7) is 1.98. The van der Waals surface area contributed by atoms with Crippen LogP contribution in [0.25, 0.3) is 0 Å². The molecule has 1 amide bonds. The van der Waals surface area contributed by atoms with Crippen molar-refractivity contribution in [1.82, 2.24) is 0 Å². The number of hydrogen-bond acceptors (Lipinski definition) is 3. The molecule has 0 aliphatic heterocycles. The smallest absolute Gasteiger partial charge is 0.293 e. The van der Waals surface area contributed by atoms with Gasteiger partial charge in [0.2, 0.25) is 0 Å². The predicted molar refractivity (Wildman–Crippen MR) is 83.1 cm³/mol. The molecule has 2 aromatic rings. The molecule has 4 nitrogen and oxygen atoms in total. The fraction of sp³-hybridized carbons (Fsp3) is 0.200. The number of benzene rings is 1. The first kappa shape index (κ1) is 14.3. The normalized spacial score (nSPS) is 10.3. The Morgan fingerprint density at radius 2 is 1.90 bits per heavy atom. The molecule has 20 heavy (non-hydrogen) atoms. The maximum atomic E-state index is 12.3. The third-order valence-corrected chi connectivity index (χ3v) is 3.30. The average Bonchev–Trinajstić information content (AvgIpc) is 2.94. The third kappa shape index (κ3) is 2.88. The Hall–Kier alpha value is -2.14. The summed E-state index contributed by atoms with van der Waals surface area (Å²) in [7, 11) is 1.70. The SMILES string of the molecule is CCc1ccc(C(=O)N(C)c2ccc(C(N)=S)cc2)o1. The number of anilines is 1. The van der Waals surface area contributed by atoms with Crippen molar-refractivity contribution in [2.24, 2.45) is 5.73 Å². The number of rotatable bonds is 4. The second-order valence-electron chi connectivity index (χ2n) is 4.39. The molecule has 104 valence electrons. The molecule has 0 aliphatic carbocycles. The fourth-order valence-corrected chi connectivity index (χ4v) is 1.95. The maximum Gasteiger partial charge on any atom is 0.293 e. The van der Waals surface area contributed by atoms with E-state index in [0.29, 0.717) is 10.7 Å². The molecule has 0 saturated heterocycles. The maximum absolute atomic E-state index is 12.3. The minimum Gasteiger partial charge on any atom is -0.456 e. The van der Waals surface area contributed by atoms with Gasteiger partial charge in [0, 0.05) is 24.7 Å². The van der Waals surface area contributed by atoms with E-state index in [2.05, 4.69) is 0 Å². The minimum atomic E-state index is -0.187. The number of furan rings is 1. The van der Waals surface area contributed by atoms with Crippen molar-refractivity contribution < 1.29 is 9.21 Å². The summed E-state index contributed by atoms with van der Waals surface area (Å²) < 4.78 is 5.47. The van der Waals surface area contributed by atoms with E-state index in [9.17, 15) is 4.79 Å². The number of hydrogen-bond donors (Lipinski definition) is 1. The lowest BCUT2D eigenvalue weighted by Gasteiger charge is -2.16. The molecule has 0 bridgehead atoms. The number of aryl methyl sites for hydroxylation is 1. The van der Waals surface area contributed by atoms with Crippen LogP contribution in [0, 0.1) is 0 Å². The van der Waals surface area contributed by atoms with E-state index in [0.717, 1.165) is 23.4 Å². The van der Waals surface area contributed by atoms with Gasteiger partial charge in [0.05, 0.1) is 0 Å². The van der Waals surface area contributed by atoms with Gasteiger partial charge >= 0.3 is 0 Å². The highest BCUT2D eigenvalue weighted by Gasteiger charge is 2.17. The van der Waals surface area contributed by atoms with E-state index < -0.39 is 0 Å². The molecule has 0 fully saturated rings. The monoisotopic (exact) mass is 288 g/mol. The lowest BCUT2D eigenvalue weighted by atomic mass is 10.2. The Morgan fingerprint density at radius 1 is 1.25 bits per heavy atom. The van der Waals surface area contributed by atoms with Crippen LogP contribution in [0.3, 0.4) is 0 Å². The summed E-state index contributed by atoms with van der Waals surface area (Å²) in [5.41, 5.74) is 7.07. The largest absolute Gasteiger partial charge is 0.456 e. The average molecular weight is 288 g/mol. The summed E-state index contributed by atoms with van der Waals surface area (Å²) in [4.78, 5) is 14.1. The Kier molecular flexibility index (Phi) is 4.20. The standard InChI is InChI=1S/C15H16N2O2S/c1-3-12-8-9-13(19-12)15(18)17(2)11-6-4-10(5-7-11)14(16)20/h4-9H,3H2,1-2H3,(H2,16,20). The molecule has 5 heteroatoms. The molecule has 0 unspecified atom stereocenters. The van der Waals surface area contributed by atoms with Crippen LogP contribution in [0.5, 0.6) is 0 Å². The van der Waals surface area contributed by atoms with Crippen molar-refractivity contribution in [1.29, 1.82) is 0 Å². The van der Waals surface area contributed by atoms with Crippen LogP contribution in [0.4, 0.5) is 5.69 Å². The van der Waals surface area contributed by atoms with Crippen LogP contribution >= 0.6 is 12.2 Å². The quantitative estimate of drug-likeness (QED) is 0.879. The Bertz CT molecular complexity index is 632. The zero-order valence-corrected chi connectivity index (χ0v) is 12.2. The second kappa shape index (κ2) is 5.88. The minimum absolute atomic E-state index is 0.187. The first-order chi connectivity index (χ1) is 9.52. The van der Waals surface area contributed by atoms with Crippen molar-refractivity contribution in [3.63, 3.8) is 0 Å². The van der Waals surface area contributed by atoms with Crippen LogP contribution in [-0.2, 0) is 6.42 Å². The molecule has 1 heterocycles. The van der Waals surface area contributed by atoms with Crippen molar-refractivity contribution in [2.45, 2.75) is 13.3 Å². The molecule has 0 spiro atoms. The number of thiocarbonyl (C=S) groups is 1. The van der Waals surface area contributed by atoms with Crippen LogP contribution in [0.2, 0.25) is 0 Å². The van der Waals surface area contributed by atoms with E-state index in [4.69, 9.17) is 22.4 Å². The molecule has 2 rings (SSSR count). The highest BCUT2D eigenvalue weighted by molar-refractivity contribution is 7.80. The van der Waals surface area contributed by atoms with Crippen LogP contribution < -0.4 is 10.6 Å². The van der Waals surface area contributed by atoms with Gasteiger partial charge in [0.15, 0.2) is 5.76 Å². The second-order valence-corrected chi connectivity index (χ2v) is 4.83. The van der Waals surface area contributed by atoms with Gasteiger partial charge in [-0.2, -0.15) is 0 Å². The number of amides is 1. The zero-order valence-electron chi connectivity index (χ0n) is 11.4. The summed E-state index contributed by atoms with van der Waals surface area (Å²) in [6, 6.07) is 10.7. The van der Waals surface area contributed by atoms with Crippen LogP contribution in [0.1, 0.15) is 28.8 Å². The molecular formula is C15H16N2O2S. The van der Waals surface area contributed by atoms with E-state index >= 15 is 0 Å². The predicted octanol–water partition coefficient (Wildman–Crippen LogP) is 2.75. The Labute approximate surface area is 123 Å². The van der Waals surface area contributed by atoms with Gasteiger partial charge in [-0.15, -0.1) is 0 Å². The number of nitrogens with two attached hydrogens (primary N) is 1. The molecule has 0 aliphatic rings. The summed E-state index contributed by atoms with van der Waals surface area (Å²) in [5.74, 6) is 0.945. The number of nitrogens with zero attached hydrogens (tertiary/aromatic N) is 1. The summed E-state index contributed by atoms with van der Waals surface area (Å²) in [5, 5.41) is 0. The van der Waals surface area contributed by atoms with Crippen LogP contribution in [-0.4, -0.2) is 17.9 Å². The van der Waals surface area contributed by atoms with Gasteiger partial charge in [0.25, 0.3) is 5.91 Å². The first-order valence-electron chi connectivity index (χ1n) is 6.29. The van der Waals surface area contributed by atoms with Gasteiger partial charge in [-0.1, -0.05) is 19.1 Å². The van der Waals surface area contributed by atoms with Gasteiger partial charge < -0.3 is 15.1 Å². The Morgan fingerprint density at radius 3 is 2.40 bits per heavy atom. The van der Waals surface area contributed by atoms with Gasteiger partial charge in [-0.05, 0) is 36.4 Å². The number of carbonyl (C=O) groups excluding carboxylic acids is 1. The highest BCUT2D eigenvalue weighted by atomic mass is 32.1. The summed E-state index contributed by atoms with van der Waals surface area (Å²) in [6.07, 6.45) is 0.764. The first-order valence-corrected chi connectivity index (χ1v) is 6.70. The van der Waals surface area contributed by atoms with Crippen molar-refractivity contribution in [2.75, 3.05) is 11.9 Å². The van der Waals surface area contributed by atoms with E-state index in [1.165, 1.54) is 4.90 Å². The zero-order chi connectivity index (χ0) is 14.7. The van der Waals surface area contributed by atoms with Gasteiger partial charge in [0.1, 0.15) is 10.7 Å². The van der Waals surface area contributed by atoms with E-state index in [-0.39, 0.29) is 5.91 Å². The van der Waals surface area contributed by atoms with Crippen molar-refractivity contribution in [3.05, 3.63) is 53.5 Å². The topological polar surface area (TPSA) is 59.5 Å². The lowest BCUT2D eigenvalue weighted by molar-refractivity contribution is 0.0965. The molecule has 0 atom stereocenters. The molecule has 0 radical (unpaired) electrons. The molecule has 1 aromatic heterocycles.